The molecule has 0 aliphatic rings. The van der Waals surface area contributed by atoms with Crippen LogP contribution in [-0.2, 0) is 12.8 Å². The quantitative estimate of drug-likeness (QED) is 0.124. The predicted molar refractivity (Wildman–Crippen MR) is 211 cm³/mol. The third-order valence-electron chi connectivity index (χ3n) is 9.13. The average molecular weight is 651 g/mol. The third-order valence-corrected chi connectivity index (χ3v) is 9.13. The highest BCUT2D eigenvalue weighted by Crippen LogP contribution is 2.35. The van der Waals surface area contributed by atoms with Crippen molar-refractivity contribution in [1.29, 1.82) is 10.5 Å². The Morgan fingerprint density at radius 3 is 1.08 bits per heavy atom. The highest BCUT2D eigenvalue weighted by molar-refractivity contribution is 5.85. The van der Waals surface area contributed by atoms with E-state index >= 15 is 0 Å². The number of nitriles is 2. The molecule has 6 aromatic rings. The Labute approximate surface area is 299 Å². The second-order valence-corrected chi connectivity index (χ2v) is 12.8. The van der Waals surface area contributed by atoms with E-state index in [2.05, 4.69) is 123 Å². The van der Waals surface area contributed by atoms with Crippen LogP contribution >= 0.6 is 0 Å². The van der Waals surface area contributed by atoms with E-state index < -0.39 is 0 Å². The summed E-state index contributed by atoms with van der Waals surface area (Å²) in [5, 5.41) is 18.0. The van der Waals surface area contributed by atoms with Crippen LogP contribution in [0, 0.1) is 22.7 Å². The van der Waals surface area contributed by atoms with E-state index in [4.69, 9.17) is 10.5 Å². The average Bonchev–Trinajstić information content (AvgIpc) is 3.19. The van der Waals surface area contributed by atoms with Gasteiger partial charge in [-0.2, -0.15) is 10.5 Å². The largest absolute Gasteiger partial charge is 0.192 e. The second-order valence-electron chi connectivity index (χ2n) is 12.8. The molecule has 0 aliphatic carbocycles. The molecule has 0 heterocycles. The molecule has 0 amide bonds. The van der Waals surface area contributed by atoms with Crippen molar-refractivity contribution in [3.05, 3.63) is 168 Å². The Morgan fingerprint density at radius 2 is 0.740 bits per heavy atom. The fourth-order valence-electron chi connectivity index (χ4n) is 6.32. The number of rotatable bonds is 12. The lowest BCUT2D eigenvalue weighted by Crippen LogP contribution is -1.91. The molecule has 6 rings (SSSR count). The van der Waals surface area contributed by atoms with Crippen molar-refractivity contribution in [1.82, 2.24) is 0 Å². The molecule has 0 spiro atoms. The smallest absolute Gasteiger partial charge is 0.0991 e. The van der Waals surface area contributed by atoms with Gasteiger partial charge < -0.3 is 0 Å². The molecule has 0 atom stereocenters. The Bertz CT molecular complexity index is 1860. The summed E-state index contributed by atoms with van der Waals surface area (Å²) in [6, 6.07) is 54.8. The standard InChI is InChI=1S/2C24H23N/c2*1-2-3-5-8-19-13-16-23(22-14-11-20(18-25)12-15-22)24(17-19)21-9-6-4-7-10-21/h2*4,6-7,9-17H,2-3,5,8H2,1H3. The highest BCUT2D eigenvalue weighted by atomic mass is 14.2. The molecular weight excluding hydrogens is 605 g/mol. The van der Waals surface area contributed by atoms with Crippen LogP contribution in [0.3, 0.4) is 0 Å². The minimum absolute atomic E-state index is 0.696. The number of hydrogen-bond donors (Lipinski definition) is 0. The van der Waals surface area contributed by atoms with Gasteiger partial charge in [0.2, 0.25) is 0 Å². The zero-order valence-corrected chi connectivity index (χ0v) is 29.4. The molecule has 0 saturated heterocycles. The number of hydrogen-bond acceptors (Lipinski definition) is 2. The lowest BCUT2D eigenvalue weighted by molar-refractivity contribution is 0.717. The summed E-state index contributed by atoms with van der Waals surface area (Å²) in [5.41, 5.74) is 13.9. The summed E-state index contributed by atoms with van der Waals surface area (Å²) in [7, 11) is 0. The zero-order chi connectivity index (χ0) is 35.0. The lowest BCUT2D eigenvalue weighted by atomic mass is 9.91. The molecular formula is C48H46N2. The number of nitrogens with zero attached hydrogens (tertiary/aromatic N) is 2. The van der Waals surface area contributed by atoms with Gasteiger partial charge in [0.25, 0.3) is 0 Å². The van der Waals surface area contributed by atoms with E-state index in [1.165, 1.54) is 83.0 Å². The zero-order valence-electron chi connectivity index (χ0n) is 29.4. The van der Waals surface area contributed by atoms with Gasteiger partial charge in [0.15, 0.2) is 0 Å². The van der Waals surface area contributed by atoms with Crippen molar-refractivity contribution in [2.45, 2.75) is 65.2 Å². The van der Waals surface area contributed by atoms with Gasteiger partial charge in [-0.25, -0.2) is 0 Å². The molecule has 50 heavy (non-hydrogen) atoms. The molecule has 2 heteroatoms. The molecule has 0 unspecified atom stereocenters. The molecule has 248 valence electrons. The van der Waals surface area contributed by atoms with E-state index in [9.17, 15) is 0 Å². The van der Waals surface area contributed by atoms with E-state index in [1.807, 2.05) is 48.5 Å². The van der Waals surface area contributed by atoms with Crippen LogP contribution in [0.4, 0.5) is 0 Å². The van der Waals surface area contributed by atoms with Crippen LogP contribution in [0.15, 0.2) is 146 Å². The van der Waals surface area contributed by atoms with Gasteiger partial charge in [0.05, 0.1) is 23.3 Å². The van der Waals surface area contributed by atoms with Crippen molar-refractivity contribution in [2.24, 2.45) is 0 Å². The van der Waals surface area contributed by atoms with Gasteiger partial charge >= 0.3 is 0 Å². The molecule has 0 radical (unpaired) electrons. The summed E-state index contributed by atoms with van der Waals surface area (Å²) in [6.45, 7) is 4.48. The summed E-state index contributed by atoms with van der Waals surface area (Å²) in [5.74, 6) is 0. The molecule has 0 aliphatic heterocycles. The SMILES string of the molecule is CCCCCc1ccc(-c2ccc(C#N)cc2)c(-c2ccccc2)c1.CCCCCc1ccc(-c2ccc(C#N)cc2)c(-c2ccccc2)c1. The van der Waals surface area contributed by atoms with Crippen molar-refractivity contribution in [3.8, 4) is 56.6 Å². The topological polar surface area (TPSA) is 47.6 Å². The fourth-order valence-corrected chi connectivity index (χ4v) is 6.32. The lowest BCUT2D eigenvalue weighted by Gasteiger charge is -2.13. The van der Waals surface area contributed by atoms with Crippen molar-refractivity contribution in [3.63, 3.8) is 0 Å². The van der Waals surface area contributed by atoms with Crippen molar-refractivity contribution in [2.75, 3.05) is 0 Å². The van der Waals surface area contributed by atoms with E-state index in [-0.39, 0.29) is 0 Å². The highest BCUT2D eigenvalue weighted by Gasteiger charge is 2.11. The normalized spacial score (nSPS) is 10.4. The maximum atomic E-state index is 9.02. The molecule has 2 nitrogen and oxygen atoms in total. The first-order valence-electron chi connectivity index (χ1n) is 18.0. The molecule has 6 aromatic carbocycles. The van der Waals surface area contributed by atoms with E-state index in [0.717, 1.165) is 24.0 Å². The molecule has 0 N–H and O–H groups in total. The first-order chi connectivity index (χ1) is 24.6. The number of aryl methyl sites for hydroxylation is 2. The Hall–Kier alpha value is -5.70. The monoisotopic (exact) mass is 650 g/mol. The summed E-state index contributed by atoms with van der Waals surface area (Å²) >= 11 is 0. The van der Waals surface area contributed by atoms with Crippen LogP contribution in [0.5, 0.6) is 0 Å². The maximum absolute atomic E-state index is 9.02. The number of benzene rings is 6. The minimum Gasteiger partial charge on any atom is -0.192 e. The van der Waals surface area contributed by atoms with Crippen LogP contribution < -0.4 is 0 Å². The molecule has 0 bridgehead atoms. The summed E-state index contributed by atoms with van der Waals surface area (Å²) in [6.07, 6.45) is 9.77. The fraction of sp³-hybridized carbons (Fsp3) is 0.208. The Morgan fingerprint density at radius 1 is 0.380 bits per heavy atom. The van der Waals surface area contributed by atoms with Gasteiger partial charge in [-0.3, -0.25) is 0 Å². The van der Waals surface area contributed by atoms with Gasteiger partial charge in [-0.15, -0.1) is 0 Å². The number of unbranched alkanes of at least 4 members (excludes halogenated alkanes) is 4. The maximum Gasteiger partial charge on any atom is 0.0991 e. The first kappa shape index (κ1) is 35.6. The van der Waals surface area contributed by atoms with Crippen molar-refractivity contribution >= 4 is 0 Å². The minimum atomic E-state index is 0.696. The predicted octanol–water partition coefficient (Wildman–Crippen LogP) is 13.2. The Balaban J connectivity index is 0.000000194. The van der Waals surface area contributed by atoms with Crippen LogP contribution in [-0.4, -0.2) is 0 Å². The van der Waals surface area contributed by atoms with Crippen LogP contribution in [0.2, 0.25) is 0 Å². The molecule has 0 saturated carbocycles. The molecule has 0 aromatic heterocycles. The Kier molecular flexibility index (Phi) is 13.3. The van der Waals surface area contributed by atoms with Crippen LogP contribution in [0.1, 0.15) is 74.6 Å². The van der Waals surface area contributed by atoms with Crippen LogP contribution in [0.25, 0.3) is 44.5 Å². The van der Waals surface area contributed by atoms with Gasteiger partial charge in [-0.05, 0) is 106 Å². The second kappa shape index (κ2) is 18.7. The van der Waals surface area contributed by atoms with Gasteiger partial charge in [-0.1, -0.05) is 161 Å². The van der Waals surface area contributed by atoms with Gasteiger partial charge in [0, 0.05) is 0 Å². The van der Waals surface area contributed by atoms with Crippen molar-refractivity contribution < 1.29 is 0 Å². The van der Waals surface area contributed by atoms with E-state index in [1.54, 1.807) is 0 Å². The molecule has 0 fully saturated rings. The van der Waals surface area contributed by atoms with Gasteiger partial charge in [0.1, 0.15) is 0 Å². The summed E-state index contributed by atoms with van der Waals surface area (Å²) in [4.78, 5) is 0. The van der Waals surface area contributed by atoms with E-state index in [0.29, 0.717) is 11.1 Å². The first-order valence-corrected chi connectivity index (χ1v) is 18.0. The third kappa shape index (κ3) is 9.69. The summed E-state index contributed by atoms with van der Waals surface area (Å²) < 4.78 is 0.